The molecule has 7 heteroatoms. The first kappa shape index (κ1) is 16.1. The Morgan fingerprint density at radius 3 is 2.67 bits per heavy atom. The van der Waals surface area contributed by atoms with Crippen LogP contribution >= 0.6 is 11.3 Å². The summed E-state index contributed by atoms with van der Waals surface area (Å²) in [6.07, 6.45) is 0. The quantitative estimate of drug-likeness (QED) is 0.666. The minimum absolute atomic E-state index is 0.0499. The van der Waals surface area contributed by atoms with E-state index in [4.69, 9.17) is 4.52 Å². The number of hydrogen-bond acceptors (Lipinski definition) is 6. The fourth-order valence-corrected chi connectivity index (χ4v) is 2.94. The molecule has 0 aliphatic rings. The Morgan fingerprint density at radius 1 is 1.25 bits per heavy atom. The first-order valence-electron chi connectivity index (χ1n) is 7.27. The molecule has 3 rings (SSSR count). The van der Waals surface area contributed by atoms with Crippen molar-refractivity contribution >= 4 is 23.0 Å². The highest BCUT2D eigenvalue weighted by Gasteiger charge is 2.18. The van der Waals surface area contributed by atoms with Crippen LogP contribution in [0.5, 0.6) is 0 Å². The van der Waals surface area contributed by atoms with E-state index in [0.29, 0.717) is 22.2 Å². The lowest BCUT2D eigenvalue weighted by Gasteiger charge is -2.13. The molecule has 0 radical (unpaired) electrons. The van der Waals surface area contributed by atoms with Crippen molar-refractivity contribution in [2.75, 3.05) is 7.05 Å². The van der Waals surface area contributed by atoms with E-state index in [0.717, 1.165) is 5.56 Å². The van der Waals surface area contributed by atoms with Gasteiger partial charge in [-0.25, -0.2) is 0 Å². The molecule has 0 aliphatic carbocycles. The fraction of sp³-hybridized carbons (Fsp3) is 0.176. The van der Waals surface area contributed by atoms with Gasteiger partial charge < -0.3 is 9.42 Å². The second-order valence-electron chi connectivity index (χ2n) is 5.29. The van der Waals surface area contributed by atoms with Crippen molar-refractivity contribution in [3.05, 3.63) is 58.1 Å². The molecule has 122 valence electrons. The second kappa shape index (κ2) is 6.76. The van der Waals surface area contributed by atoms with Gasteiger partial charge >= 0.3 is 0 Å². The average molecular weight is 341 g/mol. The monoisotopic (exact) mass is 341 g/mol. The van der Waals surface area contributed by atoms with E-state index in [1.165, 1.54) is 23.2 Å². The number of Topliss-reactive ketones (excluding diaryl/α,β-unsaturated/α-hetero) is 1. The molecule has 0 aliphatic heterocycles. The SMILES string of the molecule is CC(=O)c1cc(C(=O)N(C)Cc2nc(-c3ccccc3)no2)cs1. The van der Waals surface area contributed by atoms with E-state index in [1.54, 1.807) is 18.5 Å². The summed E-state index contributed by atoms with van der Waals surface area (Å²) in [6, 6.07) is 11.1. The minimum atomic E-state index is -0.196. The summed E-state index contributed by atoms with van der Waals surface area (Å²) in [5.74, 6) is 0.594. The van der Waals surface area contributed by atoms with Crippen LogP contribution in [-0.4, -0.2) is 33.8 Å². The van der Waals surface area contributed by atoms with Crippen LogP contribution in [0.4, 0.5) is 0 Å². The third-order valence-corrected chi connectivity index (χ3v) is 4.44. The fourth-order valence-electron chi connectivity index (χ4n) is 2.15. The molecule has 0 bridgehead atoms. The van der Waals surface area contributed by atoms with Gasteiger partial charge in [0.2, 0.25) is 11.7 Å². The smallest absolute Gasteiger partial charge is 0.254 e. The highest BCUT2D eigenvalue weighted by atomic mass is 32.1. The zero-order valence-electron chi connectivity index (χ0n) is 13.2. The number of hydrogen-bond donors (Lipinski definition) is 0. The molecule has 1 amide bonds. The van der Waals surface area contributed by atoms with Gasteiger partial charge in [0.1, 0.15) is 0 Å². The summed E-state index contributed by atoms with van der Waals surface area (Å²) < 4.78 is 5.21. The predicted molar refractivity (Wildman–Crippen MR) is 89.9 cm³/mol. The molecule has 0 spiro atoms. The maximum atomic E-state index is 12.4. The standard InChI is InChI=1S/C17H15N3O3S/c1-11(21)14-8-13(10-24-14)17(22)20(2)9-15-18-16(19-23-15)12-6-4-3-5-7-12/h3-8,10H,9H2,1-2H3. The van der Waals surface area contributed by atoms with Gasteiger partial charge in [-0.1, -0.05) is 35.5 Å². The second-order valence-corrected chi connectivity index (χ2v) is 6.21. The van der Waals surface area contributed by atoms with Gasteiger partial charge in [0, 0.05) is 18.0 Å². The lowest BCUT2D eigenvalue weighted by atomic mass is 10.2. The van der Waals surface area contributed by atoms with Crippen LogP contribution in [-0.2, 0) is 6.54 Å². The maximum Gasteiger partial charge on any atom is 0.254 e. The van der Waals surface area contributed by atoms with E-state index in [9.17, 15) is 9.59 Å². The molecule has 2 aromatic heterocycles. The van der Waals surface area contributed by atoms with Gasteiger partial charge in [0.15, 0.2) is 5.78 Å². The third-order valence-electron chi connectivity index (χ3n) is 3.41. The molecule has 0 saturated carbocycles. The molecular formula is C17H15N3O3S. The van der Waals surface area contributed by atoms with Crippen LogP contribution < -0.4 is 0 Å². The normalized spacial score (nSPS) is 10.6. The van der Waals surface area contributed by atoms with Crippen molar-refractivity contribution < 1.29 is 14.1 Å². The summed E-state index contributed by atoms with van der Waals surface area (Å²) >= 11 is 1.26. The van der Waals surface area contributed by atoms with Crippen LogP contribution in [0.3, 0.4) is 0 Å². The molecule has 3 aromatic rings. The third kappa shape index (κ3) is 3.41. The predicted octanol–water partition coefficient (Wildman–Crippen LogP) is 3.27. The van der Waals surface area contributed by atoms with Crippen LogP contribution in [0.1, 0.15) is 32.8 Å². The van der Waals surface area contributed by atoms with E-state index in [-0.39, 0.29) is 18.2 Å². The molecule has 24 heavy (non-hydrogen) atoms. The number of ketones is 1. The van der Waals surface area contributed by atoms with Gasteiger partial charge in [0.05, 0.1) is 17.0 Å². The number of thiophene rings is 1. The van der Waals surface area contributed by atoms with Crippen molar-refractivity contribution in [2.24, 2.45) is 0 Å². The van der Waals surface area contributed by atoms with Crippen LogP contribution in [0, 0.1) is 0 Å². The van der Waals surface area contributed by atoms with E-state index in [2.05, 4.69) is 10.1 Å². The zero-order valence-corrected chi connectivity index (χ0v) is 14.0. The summed E-state index contributed by atoms with van der Waals surface area (Å²) in [5.41, 5.74) is 1.33. The number of aromatic nitrogens is 2. The molecule has 0 fully saturated rings. The van der Waals surface area contributed by atoms with Crippen molar-refractivity contribution in [1.82, 2.24) is 15.0 Å². The Morgan fingerprint density at radius 2 is 2.00 bits per heavy atom. The molecule has 6 nitrogen and oxygen atoms in total. The lowest BCUT2D eigenvalue weighted by molar-refractivity contribution is 0.0770. The van der Waals surface area contributed by atoms with Gasteiger partial charge in [-0.05, 0) is 13.0 Å². The first-order valence-corrected chi connectivity index (χ1v) is 8.15. The van der Waals surface area contributed by atoms with Gasteiger partial charge in [-0.2, -0.15) is 4.98 Å². The number of rotatable bonds is 5. The molecule has 1 aromatic carbocycles. The van der Waals surface area contributed by atoms with Crippen molar-refractivity contribution in [1.29, 1.82) is 0 Å². The Balaban J connectivity index is 1.70. The highest BCUT2D eigenvalue weighted by Crippen LogP contribution is 2.18. The first-order chi connectivity index (χ1) is 11.5. The lowest BCUT2D eigenvalue weighted by Crippen LogP contribution is -2.25. The molecule has 0 atom stereocenters. The Hall–Kier alpha value is -2.80. The molecule has 0 unspecified atom stereocenters. The average Bonchev–Trinajstić information content (AvgIpc) is 3.24. The van der Waals surface area contributed by atoms with Crippen LogP contribution in [0.2, 0.25) is 0 Å². The number of benzene rings is 1. The van der Waals surface area contributed by atoms with Crippen molar-refractivity contribution in [3.63, 3.8) is 0 Å². The van der Waals surface area contributed by atoms with Gasteiger partial charge in [0.25, 0.3) is 5.91 Å². The summed E-state index contributed by atoms with van der Waals surface area (Å²) in [5, 5.41) is 5.61. The van der Waals surface area contributed by atoms with E-state index in [1.807, 2.05) is 30.3 Å². The summed E-state index contributed by atoms with van der Waals surface area (Å²) in [6.45, 7) is 1.68. The van der Waals surface area contributed by atoms with Gasteiger partial charge in [-0.3, -0.25) is 9.59 Å². The molecular weight excluding hydrogens is 326 g/mol. The van der Waals surface area contributed by atoms with E-state index < -0.39 is 0 Å². The van der Waals surface area contributed by atoms with Gasteiger partial charge in [-0.15, -0.1) is 11.3 Å². The largest absolute Gasteiger partial charge is 0.337 e. The number of amides is 1. The molecule has 2 heterocycles. The van der Waals surface area contributed by atoms with Crippen molar-refractivity contribution in [2.45, 2.75) is 13.5 Å². The Kier molecular flexibility index (Phi) is 4.52. The number of nitrogens with zero attached hydrogens (tertiary/aromatic N) is 3. The van der Waals surface area contributed by atoms with Crippen LogP contribution in [0.25, 0.3) is 11.4 Å². The highest BCUT2D eigenvalue weighted by molar-refractivity contribution is 7.12. The number of carbonyl (C=O) groups excluding carboxylic acids is 2. The Bertz CT molecular complexity index is 870. The minimum Gasteiger partial charge on any atom is -0.337 e. The molecule has 0 saturated heterocycles. The maximum absolute atomic E-state index is 12.4. The topological polar surface area (TPSA) is 76.3 Å². The Labute approximate surface area is 142 Å². The zero-order chi connectivity index (χ0) is 17.1. The summed E-state index contributed by atoms with van der Waals surface area (Å²) in [7, 11) is 1.65. The van der Waals surface area contributed by atoms with Crippen LogP contribution in [0.15, 0.2) is 46.3 Å². The molecule has 0 N–H and O–H groups in total. The van der Waals surface area contributed by atoms with E-state index >= 15 is 0 Å². The number of carbonyl (C=O) groups is 2. The van der Waals surface area contributed by atoms with Crippen molar-refractivity contribution in [3.8, 4) is 11.4 Å². The summed E-state index contributed by atoms with van der Waals surface area (Å²) in [4.78, 5) is 30.1.